The Morgan fingerprint density at radius 2 is 1.23 bits per heavy atom. The highest BCUT2D eigenvalue weighted by Gasteiger charge is 2.15. The minimum Gasteiger partial charge on any atom is -0.261 e. The Bertz CT molecular complexity index is 1230. The molecule has 0 radical (unpaired) electrons. The molecule has 3 nitrogen and oxygen atoms in total. The maximum absolute atomic E-state index is 4.75. The van der Waals surface area contributed by atoms with Crippen molar-refractivity contribution >= 4 is 0 Å². The van der Waals surface area contributed by atoms with Crippen LogP contribution in [0.1, 0.15) is 11.3 Å². The van der Waals surface area contributed by atoms with E-state index >= 15 is 0 Å². The Kier molecular flexibility index (Phi) is 4.93. The van der Waals surface area contributed by atoms with Gasteiger partial charge in [-0.1, -0.05) is 78.9 Å². The van der Waals surface area contributed by atoms with E-state index in [4.69, 9.17) is 5.10 Å². The van der Waals surface area contributed by atoms with E-state index in [1.165, 1.54) is 11.1 Å². The molecule has 5 rings (SSSR count). The van der Waals surface area contributed by atoms with Crippen LogP contribution in [0.3, 0.4) is 0 Å². The predicted octanol–water partition coefficient (Wildman–Crippen LogP) is 6.19. The molecule has 0 aliphatic rings. The van der Waals surface area contributed by atoms with Gasteiger partial charge in [-0.25, -0.2) is 4.68 Å². The van der Waals surface area contributed by atoms with E-state index in [1.807, 2.05) is 41.3 Å². The SMILES string of the molecule is c1ccc(-c2ccc(-n3ncc(Cc4ccccn4)c3-c3ccccc3)cc2)cc1. The standard InChI is InChI=1S/C27H21N3/c1-3-9-21(10-4-1)22-14-16-26(17-15-22)30-27(23-11-5-2-6-12-23)24(20-29-30)19-25-13-7-8-18-28-25/h1-18,20H,19H2. The summed E-state index contributed by atoms with van der Waals surface area (Å²) in [6, 6.07) is 35.4. The van der Waals surface area contributed by atoms with Crippen LogP contribution in [0.25, 0.3) is 28.1 Å². The third kappa shape index (κ3) is 3.65. The Labute approximate surface area is 176 Å². The third-order valence-electron chi connectivity index (χ3n) is 5.21. The van der Waals surface area contributed by atoms with Crippen molar-refractivity contribution in [3.8, 4) is 28.1 Å². The monoisotopic (exact) mass is 387 g/mol. The molecule has 0 unspecified atom stereocenters. The van der Waals surface area contributed by atoms with Crippen molar-refractivity contribution in [1.29, 1.82) is 0 Å². The third-order valence-corrected chi connectivity index (χ3v) is 5.21. The number of nitrogens with zero attached hydrogens (tertiary/aromatic N) is 3. The highest BCUT2D eigenvalue weighted by atomic mass is 15.3. The van der Waals surface area contributed by atoms with Gasteiger partial charge in [-0.05, 0) is 35.4 Å². The van der Waals surface area contributed by atoms with Gasteiger partial charge in [-0.15, -0.1) is 0 Å². The van der Waals surface area contributed by atoms with Gasteiger partial charge in [-0.3, -0.25) is 4.98 Å². The van der Waals surface area contributed by atoms with Gasteiger partial charge in [0.1, 0.15) is 0 Å². The van der Waals surface area contributed by atoms with Crippen molar-refractivity contribution < 1.29 is 0 Å². The Balaban J connectivity index is 1.57. The Morgan fingerprint density at radius 1 is 0.600 bits per heavy atom. The summed E-state index contributed by atoms with van der Waals surface area (Å²) in [5, 5.41) is 4.75. The largest absolute Gasteiger partial charge is 0.261 e. The van der Waals surface area contributed by atoms with Crippen molar-refractivity contribution in [2.75, 3.05) is 0 Å². The van der Waals surface area contributed by atoms with Crippen molar-refractivity contribution in [3.05, 3.63) is 127 Å². The van der Waals surface area contributed by atoms with Gasteiger partial charge in [0.05, 0.1) is 17.6 Å². The minimum atomic E-state index is 0.743. The van der Waals surface area contributed by atoms with E-state index in [2.05, 4.69) is 83.8 Å². The molecule has 0 aliphatic carbocycles. The predicted molar refractivity (Wildman–Crippen MR) is 121 cm³/mol. The lowest BCUT2D eigenvalue weighted by Crippen LogP contribution is -2.01. The molecule has 3 aromatic carbocycles. The quantitative estimate of drug-likeness (QED) is 0.360. The fourth-order valence-electron chi connectivity index (χ4n) is 3.73. The van der Waals surface area contributed by atoms with E-state index in [1.54, 1.807) is 0 Å². The van der Waals surface area contributed by atoms with E-state index in [0.717, 1.165) is 34.6 Å². The van der Waals surface area contributed by atoms with E-state index in [0.29, 0.717) is 0 Å². The molecule has 30 heavy (non-hydrogen) atoms. The molecule has 0 N–H and O–H groups in total. The molecule has 0 saturated heterocycles. The zero-order chi connectivity index (χ0) is 20.2. The van der Waals surface area contributed by atoms with Crippen LogP contribution in [0.4, 0.5) is 0 Å². The van der Waals surface area contributed by atoms with Crippen molar-refractivity contribution in [2.24, 2.45) is 0 Å². The van der Waals surface area contributed by atoms with Crippen molar-refractivity contribution in [1.82, 2.24) is 14.8 Å². The number of pyridine rings is 1. The molecule has 0 fully saturated rings. The second-order valence-electron chi connectivity index (χ2n) is 7.21. The summed E-state index contributed by atoms with van der Waals surface area (Å²) in [4.78, 5) is 4.50. The average molecular weight is 387 g/mol. The number of rotatable bonds is 5. The Hall–Kier alpha value is -3.98. The van der Waals surface area contributed by atoms with Gasteiger partial charge in [0.25, 0.3) is 0 Å². The summed E-state index contributed by atoms with van der Waals surface area (Å²) in [6.07, 6.45) is 4.54. The summed E-state index contributed by atoms with van der Waals surface area (Å²) in [5.41, 5.74) is 7.90. The molecule has 0 spiro atoms. The molecule has 2 heterocycles. The smallest absolute Gasteiger partial charge is 0.0776 e. The number of aromatic nitrogens is 3. The van der Waals surface area contributed by atoms with Crippen LogP contribution in [0.2, 0.25) is 0 Å². The first-order chi connectivity index (χ1) is 14.9. The molecule has 144 valence electrons. The van der Waals surface area contributed by atoms with E-state index in [9.17, 15) is 0 Å². The first kappa shape index (κ1) is 18.1. The minimum absolute atomic E-state index is 0.743. The average Bonchev–Trinajstić information content (AvgIpc) is 3.24. The zero-order valence-corrected chi connectivity index (χ0v) is 16.5. The second kappa shape index (κ2) is 8.18. The number of hydrogen-bond acceptors (Lipinski definition) is 2. The highest BCUT2D eigenvalue weighted by molar-refractivity contribution is 5.68. The van der Waals surface area contributed by atoms with Gasteiger partial charge in [-0.2, -0.15) is 5.10 Å². The molecule has 0 bridgehead atoms. The van der Waals surface area contributed by atoms with Crippen LogP contribution in [0, 0.1) is 0 Å². The fraction of sp³-hybridized carbons (Fsp3) is 0.0370. The highest BCUT2D eigenvalue weighted by Crippen LogP contribution is 2.29. The summed E-state index contributed by atoms with van der Waals surface area (Å²) in [5.74, 6) is 0. The second-order valence-corrected chi connectivity index (χ2v) is 7.21. The Morgan fingerprint density at radius 3 is 1.90 bits per heavy atom. The summed E-state index contributed by atoms with van der Waals surface area (Å²) >= 11 is 0. The molecule has 0 aliphatic heterocycles. The van der Waals surface area contributed by atoms with Gasteiger partial charge in [0, 0.05) is 29.4 Å². The number of hydrogen-bond donors (Lipinski definition) is 0. The van der Waals surface area contributed by atoms with Crippen LogP contribution in [0.15, 0.2) is 116 Å². The molecular weight excluding hydrogens is 366 g/mol. The molecule has 0 saturated carbocycles. The molecule has 2 aromatic heterocycles. The maximum atomic E-state index is 4.75. The van der Waals surface area contributed by atoms with Crippen LogP contribution in [-0.2, 0) is 6.42 Å². The van der Waals surface area contributed by atoms with Crippen LogP contribution in [0.5, 0.6) is 0 Å². The van der Waals surface area contributed by atoms with E-state index < -0.39 is 0 Å². The first-order valence-corrected chi connectivity index (χ1v) is 10.1. The van der Waals surface area contributed by atoms with E-state index in [-0.39, 0.29) is 0 Å². The fourth-order valence-corrected chi connectivity index (χ4v) is 3.73. The lowest BCUT2D eigenvalue weighted by Gasteiger charge is -2.11. The molecule has 5 aromatic rings. The molecule has 0 atom stereocenters. The lowest BCUT2D eigenvalue weighted by atomic mass is 10.0. The molecular formula is C27H21N3. The van der Waals surface area contributed by atoms with Gasteiger partial charge in [0.15, 0.2) is 0 Å². The van der Waals surface area contributed by atoms with Gasteiger partial charge >= 0.3 is 0 Å². The van der Waals surface area contributed by atoms with Crippen molar-refractivity contribution in [2.45, 2.75) is 6.42 Å². The van der Waals surface area contributed by atoms with Crippen LogP contribution >= 0.6 is 0 Å². The topological polar surface area (TPSA) is 30.7 Å². The normalized spacial score (nSPS) is 10.8. The van der Waals surface area contributed by atoms with Crippen LogP contribution < -0.4 is 0 Å². The number of benzene rings is 3. The molecule has 3 heteroatoms. The zero-order valence-electron chi connectivity index (χ0n) is 16.5. The van der Waals surface area contributed by atoms with Gasteiger partial charge < -0.3 is 0 Å². The molecule has 0 amide bonds. The maximum Gasteiger partial charge on any atom is 0.0776 e. The summed E-state index contributed by atoms with van der Waals surface area (Å²) in [7, 11) is 0. The first-order valence-electron chi connectivity index (χ1n) is 10.1. The van der Waals surface area contributed by atoms with Gasteiger partial charge in [0.2, 0.25) is 0 Å². The lowest BCUT2D eigenvalue weighted by molar-refractivity contribution is 0.888. The van der Waals surface area contributed by atoms with Crippen molar-refractivity contribution in [3.63, 3.8) is 0 Å². The summed E-state index contributed by atoms with van der Waals surface area (Å²) in [6.45, 7) is 0. The summed E-state index contributed by atoms with van der Waals surface area (Å²) < 4.78 is 2.03. The van der Waals surface area contributed by atoms with Crippen LogP contribution in [-0.4, -0.2) is 14.8 Å².